The number of aryl methyl sites for hydroxylation is 2. The zero-order valence-corrected chi connectivity index (χ0v) is 24.3. The summed E-state index contributed by atoms with van der Waals surface area (Å²) in [4.78, 5) is 23.5. The molecule has 5 rings (SSSR count). The van der Waals surface area contributed by atoms with Gasteiger partial charge in [0.25, 0.3) is 0 Å². The predicted octanol–water partition coefficient (Wildman–Crippen LogP) is 7.52. The van der Waals surface area contributed by atoms with Crippen LogP contribution in [0.2, 0.25) is 0 Å². The lowest BCUT2D eigenvalue weighted by molar-refractivity contribution is -0.671. The van der Waals surface area contributed by atoms with Crippen molar-refractivity contribution in [3.63, 3.8) is 0 Å². The van der Waals surface area contributed by atoms with Crippen molar-refractivity contribution in [3.05, 3.63) is 166 Å². The molecule has 0 radical (unpaired) electrons. The Morgan fingerprint density at radius 2 is 1.33 bits per heavy atom. The molecule has 4 aromatic rings. The van der Waals surface area contributed by atoms with Gasteiger partial charge in [-0.05, 0) is 40.3 Å². The van der Waals surface area contributed by atoms with Crippen molar-refractivity contribution in [2.75, 3.05) is 6.54 Å². The smallest absolute Gasteiger partial charge is 0.172 e. The van der Waals surface area contributed by atoms with Crippen LogP contribution in [0.5, 0.6) is 0 Å². The third kappa shape index (κ3) is 9.24. The van der Waals surface area contributed by atoms with Crippen LogP contribution in [0.25, 0.3) is 18.2 Å². The van der Waals surface area contributed by atoms with Gasteiger partial charge in [0.2, 0.25) is 0 Å². The molecule has 2 heterocycles. The average molecular weight is 554 g/mol. The highest BCUT2D eigenvalue weighted by Crippen LogP contribution is 2.15. The number of aromatic nitrogens is 1. The molecule has 1 aromatic heterocycles. The summed E-state index contributed by atoms with van der Waals surface area (Å²) in [6.07, 6.45) is 21.8. The Hall–Kier alpha value is -5.09. The van der Waals surface area contributed by atoms with E-state index in [1.54, 1.807) is 0 Å². The van der Waals surface area contributed by atoms with Gasteiger partial charge in [0.15, 0.2) is 12.4 Å². The van der Waals surface area contributed by atoms with Crippen molar-refractivity contribution < 1.29 is 14.2 Å². The maximum Gasteiger partial charge on any atom is 0.172 e. The van der Waals surface area contributed by atoms with Gasteiger partial charge in [-0.3, -0.25) is 9.59 Å². The highest BCUT2D eigenvalue weighted by molar-refractivity contribution is 5.77. The Kier molecular flexibility index (Phi) is 11.1. The minimum Gasteiger partial charge on any atom is -0.369 e. The molecule has 3 aromatic carbocycles. The molecule has 0 fully saturated rings. The fourth-order valence-corrected chi connectivity index (χ4v) is 4.48. The number of hydrogen-bond donors (Lipinski definition) is 0. The second kappa shape index (κ2) is 15.6. The van der Waals surface area contributed by atoms with E-state index in [2.05, 4.69) is 95.6 Å². The summed E-state index contributed by atoms with van der Waals surface area (Å²) in [5.74, 6) is 0. The van der Waals surface area contributed by atoms with Crippen molar-refractivity contribution in [2.45, 2.75) is 19.9 Å². The Morgan fingerprint density at radius 1 is 0.738 bits per heavy atom. The van der Waals surface area contributed by atoms with Gasteiger partial charge in [0.1, 0.15) is 19.6 Å². The first-order valence-corrected chi connectivity index (χ1v) is 14.2. The number of hydrogen-bond acceptors (Lipinski definition) is 3. The number of allylic oxidation sites excluding steroid dienone is 3. The number of carbonyl (C=O) groups excluding carboxylic acids is 2. The molecule has 1 aliphatic heterocycles. The van der Waals surface area contributed by atoms with Crippen LogP contribution < -0.4 is 4.57 Å². The van der Waals surface area contributed by atoms with E-state index >= 15 is 0 Å². The number of carbonyl (C=O) groups is 2. The van der Waals surface area contributed by atoms with E-state index in [4.69, 9.17) is 0 Å². The molecule has 0 unspecified atom stereocenters. The summed E-state index contributed by atoms with van der Waals surface area (Å²) in [6, 6.07) is 27.7. The van der Waals surface area contributed by atoms with Crippen LogP contribution in [-0.4, -0.2) is 24.0 Å². The molecule has 210 valence electrons. The van der Waals surface area contributed by atoms with Crippen LogP contribution in [0.3, 0.4) is 0 Å². The van der Waals surface area contributed by atoms with Gasteiger partial charge < -0.3 is 4.90 Å². The Morgan fingerprint density at radius 3 is 1.88 bits per heavy atom. The first-order valence-electron chi connectivity index (χ1n) is 14.2. The summed E-state index contributed by atoms with van der Waals surface area (Å²) in [5.41, 5.74) is 8.69. The molecule has 0 aliphatic carbocycles. The maximum absolute atomic E-state index is 10.6. The molecule has 0 bridgehead atoms. The van der Waals surface area contributed by atoms with E-state index in [1.165, 1.54) is 22.3 Å². The molecule has 0 N–H and O–H groups in total. The summed E-state index contributed by atoms with van der Waals surface area (Å²) in [7, 11) is 2.03. The van der Waals surface area contributed by atoms with E-state index < -0.39 is 0 Å². The summed E-state index contributed by atoms with van der Waals surface area (Å²) < 4.78 is 2.06. The molecule has 0 amide bonds. The van der Waals surface area contributed by atoms with E-state index in [9.17, 15) is 9.59 Å². The van der Waals surface area contributed by atoms with Gasteiger partial charge in [-0.2, -0.15) is 0 Å². The minimum absolute atomic E-state index is 0.704. The number of pyridine rings is 1. The molecule has 0 spiro atoms. The zero-order chi connectivity index (χ0) is 29.6. The van der Waals surface area contributed by atoms with E-state index in [-0.39, 0.29) is 0 Å². The quantitative estimate of drug-likeness (QED) is 0.159. The molecule has 0 saturated heterocycles. The van der Waals surface area contributed by atoms with Gasteiger partial charge in [0, 0.05) is 42.0 Å². The fraction of sp³-hybridized carbons (Fsp3) is 0.132. The van der Waals surface area contributed by atoms with Crippen LogP contribution in [0.15, 0.2) is 127 Å². The average Bonchev–Trinajstić information content (AvgIpc) is 3.05. The molecule has 4 heteroatoms. The molecule has 1 aliphatic rings. The summed E-state index contributed by atoms with van der Waals surface area (Å²) in [6.45, 7) is 4.00. The van der Waals surface area contributed by atoms with Gasteiger partial charge >= 0.3 is 0 Å². The lowest BCUT2D eigenvalue weighted by Gasteiger charge is -2.22. The fourth-order valence-electron chi connectivity index (χ4n) is 4.48. The van der Waals surface area contributed by atoms with E-state index in [0.29, 0.717) is 11.1 Å². The topological polar surface area (TPSA) is 41.3 Å². The van der Waals surface area contributed by atoms with Gasteiger partial charge in [-0.15, -0.1) is 0 Å². The van der Waals surface area contributed by atoms with Gasteiger partial charge in [-0.25, -0.2) is 4.57 Å². The highest BCUT2D eigenvalue weighted by atomic mass is 16.1. The lowest BCUT2D eigenvalue weighted by Crippen LogP contribution is -2.27. The summed E-state index contributed by atoms with van der Waals surface area (Å²) in [5, 5.41) is 0. The second-order valence-corrected chi connectivity index (χ2v) is 10.1. The molecule has 0 atom stereocenters. The predicted molar refractivity (Wildman–Crippen MR) is 173 cm³/mol. The highest BCUT2D eigenvalue weighted by Gasteiger charge is 2.04. The van der Waals surface area contributed by atoms with Crippen LogP contribution in [-0.2, 0) is 20.0 Å². The SMILES string of the molecule is CCc1c[n+](C)ccc1C=Cc1ccc(C=O)cc1.O=Cc1ccc(C=CC2=CCN(Cc3ccccc3)C=C2)cc1. The Labute approximate surface area is 249 Å². The van der Waals surface area contributed by atoms with E-state index in [1.807, 2.05) is 67.8 Å². The second-order valence-electron chi connectivity index (χ2n) is 10.1. The van der Waals surface area contributed by atoms with Crippen LogP contribution >= 0.6 is 0 Å². The van der Waals surface area contributed by atoms with E-state index in [0.717, 1.165) is 43.2 Å². The van der Waals surface area contributed by atoms with Crippen molar-refractivity contribution in [1.29, 1.82) is 0 Å². The lowest BCUT2D eigenvalue weighted by atomic mass is 10.1. The number of benzene rings is 3. The molecule has 4 nitrogen and oxygen atoms in total. The first kappa shape index (κ1) is 29.9. The number of nitrogens with zero attached hydrogens (tertiary/aromatic N) is 2. The van der Waals surface area contributed by atoms with Gasteiger partial charge in [-0.1, -0.05) is 116 Å². The minimum atomic E-state index is 0.704. The van der Waals surface area contributed by atoms with Crippen LogP contribution in [0.1, 0.15) is 55.5 Å². The Bertz CT molecular complexity index is 1580. The van der Waals surface area contributed by atoms with Crippen molar-refractivity contribution in [1.82, 2.24) is 4.90 Å². The number of rotatable bonds is 9. The normalized spacial score (nSPS) is 12.6. The standard InChI is InChI=1S/C21H19NO.C17H18NO/c23-17-21-10-8-18(9-11-21)6-7-19-12-14-22(15-13-19)16-20-4-2-1-3-5-20;1-3-16-12-18(2)11-10-17(16)9-8-14-4-6-15(13-19)7-5-14/h1-14,17H,15-16H2;4-13H,3H2,1-2H3/q;+1. The van der Waals surface area contributed by atoms with Crippen LogP contribution in [0, 0.1) is 0 Å². The van der Waals surface area contributed by atoms with Crippen molar-refractivity contribution >= 4 is 30.8 Å². The maximum atomic E-state index is 10.6. The zero-order valence-electron chi connectivity index (χ0n) is 24.3. The van der Waals surface area contributed by atoms with Crippen molar-refractivity contribution in [2.24, 2.45) is 7.05 Å². The Balaban J connectivity index is 0.000000197. The first-order chi connectivity index (χ1) is 20.6. The largest absolute Gasteiger partial charge is 0.369 e. The van der Waals surface area contributed by atoms with Crippen LogP contribution in [0.4, 0.5) is 0 Å². The van der Waals surface area contributed by atoms with Gasteiger partial charge in [0.05, 0.1) is 0 Å². The third-order valence-electron chi connectivity index (χ3n) is 6.94. The molecule has 42 heavy (non-hydrogen) atoms. The molecule has 0 saturated carbocycles. The van der Waals surface area contributed by atoms with Crippen molar-refractivity contribution in [3.8, 4) is 0 Å². The molecular formula is C38H37N2O2+. The summed E-state index contributed by atoms with van der Waals surface area (Å²) >= 11 is 0. The monoisotopic (exact) mass is 553 g/mol. The number of aldehydes is 2. The third-order valence-corrected chi connectivity index (χ3v) is 6.94. The molecular weight excluding hydrogens is 516 g/mol.